The van der Waals surface area contributed by atoms with Gasteiger partial charge in [-0.1, -0.05) is 18.2 Å². The molecule has 2 heterocycles. The van der Waals surface area contributed by atoms with Crippen LogP contribution in [0.2, 0.25) is 0 Å². The number of methoxy groups -OCH3 is 1. The van der Waals surface area contributed by atoms with Crippen molar-refractivity contribution < 1.29 is 22.3 Å². The number of urea groups is 1. The number of benzene rings is 1. The number of carbonyl (C=O) groups is 1. The molecule has 8 nitrogen and oxygen atoms in total. The maximum atomic E-state index is 13.9. The number of nitrogens with one attached hydrogen (secondary N) is 1. The molecule has 0 unspecified atom stereocenters. The van der Waals surface area contributed by atoms with Crippen LogP contribution in [-0.4, -0.2) is 61.9 Å². The molecule has 1 aliphatic rings. The lowest BCUT2D eigenvalue weighted by atomic mass is 10.3. The van der Waals surface area contributed by atoms with Gasteiger partial charge in [0.05, 0.1) is 7.11 Å². The van der Waals surface area contributed by atoms with E-state index in [1.54, 1.807) is 18.3 Å². The molecule has 150 valence electrons. The van der Waals surface area contributed by atoms with Crippen LogP contribution in [0.25, 0.3) is 0 Å². The van der Waals surface area contributed by atoms with Crippen LogP contribution in [0, 0.1) is 5.82 Å². The second-order valence-corrected chi connectivity index (χ2v) is 8.10. The van der Waals surface area contributed by atoms with E-state index in [-0.39, 0.29) is 37.1 Å². The van der Waals surface area contributed by atoms with Crippen molar-refractivity contribution in [3.8, 4) is 5.88 Å². The minimum atomic E-state index is -3.92. The van der Waals surface area contributed by atoms with E-state index in [4.69, 9.17) is 4.74 Å². The van der Waals surface area contributed by atoms with E-state index in [1.165, 1.54) is 34.5 Å². The van der Waals surface area contributed by atoms with Crippen molar-refractivity contribution >= 4 is 16.1 Å². The van der Waals surface area contributed by atoms with Crippen LogP contribution in [0.5, 0.6) is 5.88 Å². The average molecular weight is 408 g/mol. The van der Waals surface area contributed by atoms with Gasteiger partial charge in [0, 0.05) is 45.0 Å². The zero-order chi connectivity index (χ0) is 20.1. The Kier molecular flexibility index (Phi) is 6.10. The van der Waals surface area contributed by atoms with E-state index in [0.717, 1.165) is 11.6 Å². The van der Waals surface area contributed by atoms with Crippen molar-refractivity contribution in [1.82, 2.24) is 19.5 Å². The van der Waals surface area contributed by atoms with Crippen molar-refractivity contribution in [2.24, 2.45) is 0 Å². The summed E-state index contributed by atoms with van der Waals surface area (Å²) in [6.45, 7) is 0.951. The fraction of sp³-hybridized carbons (Fsp3) is 0.333. The predicted molar refractivity (Wildman–Crippen MR) is 99.8 cm³/mol. The number of hydrogen-bond donors (Lipinski definition) is 1. The number of halogens is 1. The molecule has 3 rings (SSSR count). The summed E-state index contributed by atoms with van der Waals surface area (Å²) in [7, 11) is -2.40. The molecule has 0 spiro atoms. The quantitative estimate of drug-likeness (QED) is 0.809. The minimum Gasteiger partial charge on any atom is -0.481 e. The second-order valence-electron chi connectivity index (χ2n) is 6.19. The molecule has 1 saturated heterocycles. The number of hydrogen-bond acceptors (Lipinski definition) is 5. The number of amides is 2. The van der Waals surface area contributed by atoms with Gasteiger partial charge in [0.25, 0.3) is 0 Å². The molecular weight excluding hydrogens is 387 g/mol. The van der Waals surface area contributed by atoms with Gasteiger partial charge in [0.15, 0.2) is 0 Å². The first-order chi connectivity index (χ1) is 13.4. The van der Waals surface area contributed by atoms with Crippen LogP contribution in [0.15, 0.2) is 47.5 Å². The van der Waals surface area contributed by atoms with Crippen molar-refractivity contribution in [3.63, 3.8) is 0 Å². The second kappa shape index (κ2) is 8.53. The third-order valence-corrected chi connectivity index (χ3v) is 6.36. The number of ether oxygens (including phenoxy) is 1. The Morgan fingerprint density at radius 2 is 1.89 bits per heavy atom. The Morgan fingerprint density at radius 3 is 2.50 bits per heavy atom. The molecule has 1 aromatic heterocycles. The van der Waals surface area contributed by atoms with E-state index in [2.05, 4.69) is 10.3 Å². The minimum absolute atomic E-state index is 0.105. The van der Waals surface area contributed by atoms with Crippen LogP contribution in [0.4, 0.5) is 9.18 Å². The topological polar surface area (TPSA) is 91.8 Å². The van der Waals surface area contributed by atoms with Gasteiger partial charge < -0.3 is 15.0 Å². The predicted octanol–water partition coefficient (Wildman–Crippen LogP) is 1.45. The molecule has 1 N–H and O–H groups in total. The number of rotatable bonds is 5. The molecule has 1 aliphatic heterocycles. The zero-order valence-electron chi connectivity index (χ0n) is 15.3. The van der Waals surface area contributed by atoms with Crippen molar-refractivity contribution in [1.29, 1.82) is 0 Å². The van der Waals surface area contributed by atoms with E-state index < -0.39 is 15.8 Å². The largest absolute Gasteiger partial charge is 0.481 e. The molecule has 2 aromatic rings. The molecule has 0 atom stereocenters. The Morgan fingerprint density at radius 1 is 1.18 bits per heavy atom. The van der Waals surface area contributed by atoms with Gasteiger partial charge in [-0.15, -0.1) is 0 Å². The molecule has 1 aromatic carbocycles. The first-order valence-electron chi connectivity index (χ1n) is 8.68. The highest BCUT2D eigenvalue weighted by Crippen LogP contribution is 2.20. The first kappa shape index (κ1) is 20.0. The van der Waals surface area contributed by atoms with Crippen LogP contribution >= 0.6 is 0 Å². The standard InChI is InChI=1S/C18H21FN4O4S/c1-27-17-7-6-14(12-20-17)13-21-18(24)22-8-10-23(11-9-22)28(25,26)16-5-3-2-4-15(16)19/h2-7,12H,8-11,13H2,1H3,(H,21,24). The van der Waals surface area contributed by atoms with Gasteiger partial charge in [-0.05, 0) is 17.7 Å². The fourth-order valence-corrected chi connectivity index (χ4v) is 4.34. The Hall–Kier alpha value is -2.72. The fourth-order valence-electron chi connectivity index (χ4n) is 2.85. The summed E-state index contributed by atoms with van der Waals surface area (Å²) in [5.74, 6) is -0.293. The van der Waals surface area contributed by atoms with E-state index in [1.807, 2.05) is 0 Å². The summed E-state index contributed by atoms with van der Waals surface area (Å²) in [4.78, 5) is 17.6. The summed E-state index contributed by atoms with van der Waals surface area (Å²) in [5, 5.41) is 2.78. The van der Waals surface area contributed by atoms with Gasteiger partial charge in [-0.3, -0.25) is 0 Å². The summed E-state index contributed by atoms with van der Waals surface area (Å²) in [6.07, 6.45) is 1.61. The molecule has 0 radical (unpaired) electrons. The first-order valence-corrected chi connectivity index (χ1v) is 10.1. The summed E-state index contributed by atoms with van der Waals surface area (Å²) < 4.78 is 45.2. The van der Waals surface area contributed by atoms with Crippen LogP contribution < -0.4 is 10.1 Å². The third-order valence-electron chi connectivity index (χ3n) is 4.43. The van der Waals surface area contributed by atoms with Crippen LogP contribution in [-0.2, 0) is 16.6 Å². The highest BCUT2D eigenvalue weighted by Gasteiger charge is 2.31. The lowest BCUT2D eigenvalue weighted by Crippen LogP contribution is -2.53. The third kappa shape index (κ3) is 4.39. The monoisotopic (exact) mass is 408 g/mol. The molecule has 28 heavy (non-hydrogen) atoms. The summed E-state index contributed by atoms with van der Waals surface area (Å²) in [5.41, 5.74) is 0.815. The van der Waals surface area contributed by atoms with Gasteiger partial charge in [-0.2, -0.15) is 4.31 Å². The van der Waals surface area contributed by atoms with E-state index >= 15 is 0 Å². The highest BCUT2D eigenvalue weighted by atomic mass is 32.2. The zero-order valence-corrected chi connectivity index (χ0v) is 16.2. The molecule has 10 heteroatoms. The normalized spacial score (nSPS) is 15.3. The lowest BCUT2D eigenvalue weighted by molar-refractivity contribution is 0.172. The number of piperazine rings is 1. The summed E-state index contributed by atoms with van der Waals surface area (Å²) >= 11 is 0. The number of carbonyl (C=O) groups excluding carboxylic acids is 1. The van der Waals surface area contributed by atoms with E-state index in [0.29, 0.717) is 12.4 Å². The Bertz CT molecular complexity index is 929. The molecule has 0 aliphatic carbocycles. The summed E-state index contributed by atoms with van der Waals surface area (Å²) in [6, 6.07) is 8.48. The Balaban J connectivity index is 1.54. The molecule has 0 bridgehead atoms. The maximum absolute atomic E-state index is 13.9. The molecular formula is C18H21FN4O4S. The Labute approximate surface area is 163 Å². The number of aromatic nitrogens is 1. The van der Waals surface area contributed by atoms with Crippen LogP contribution in [0.3, 0.4) is 0 Å². The van der Waals surface area contributed by atoms with Crippen molar-refractivity contribution in [2.75, 3.05) is 33.3 Å². The van der Waals surface area contributed by atoms with Gasteiger partial charge in [-0.25, -0.2) is 22.6 Å². The number of sulfonamides is 1. The van der Waals surface area contributed by atoms with Crippen LogP contribution in [0.1, 0.15) is 5.56 Å². The lowest BCUT2D eigenvalue weighted by Gasteiger charge is -2.34. The van der Waals surface area contributed by atoms with Gasteiger partial charge in [0.2, 0.25) is 15.9 Å². The highest BCUT2D eigenvalue weighted by molar-refractivity contribution is 7.89. The van der Waals surface area contributed by atoms with Gasteiger partial charge in [0.1, 0.15) is 10.7 Å². The molecule has 0 saturated carbocycles. The number of pyridine rings is 1. The number of nitrogens with zero attached hydrogens (tertiary/aromatic N) is 3. The van der Waals surface area contributed by atoms with Crippen molar-refractivity contribution in [2.45, 2.75) is 11.4 Å². The smallest absolute Gasteiger partial charge is 0.317 e. The SMILES string of the molecule is COc1ccc(CNC(=O)N2CCN(S(=O)(=O)c3ccccc3F)CC2)cn1. The van der Waals surface area contributed by atoms with Crippen molar-refractivity contribution in [3.05, 3.63) is 54.0 Å². The van der Waals surface area contributed by atoms with Gasteiger partial charge >= 0.3 is 6.03 Å². The van der Waals surface area contributed by atoms with E-state index in [9.17, 15) is 17.6 Å². The molecule has 2 amide bonds. The average Bonchev–Trinajstić information content (AvgIpc) is 2.72. The maximum Gasteiger partial charge on any atom is 0.317 e. The molecule has 1 fully saturated rings.